The molecule has 1 aromatic heterocycles. The maximum absolute atomic E-state index is 12.2. The van der Waals surface area contributed by atoms with Gasteiger partial charge in [-0.2, -0.15) is 0 Å². The summed E-state index contributed by atoms with van der Waals surface area (Å²) in [6.45, 7) is 1.34. The first-order valence-electron chi connectivity index (χ1n) is 8.01. The summed E-state index contributed by atoms with van der Waals surface area (Å²) in [4.78, 5) is 25.4. The first-order chi connectivity index (χ1) is 12.2. The summed E-state index contributed by atoms with van der Waals surface area (Å²) in [5, 5.41) is 3.73. The average molecular weight is 336 g/mol. The number of rotatable bonds is 4. The van der Waals surface area contributed by atoms with Gasteiger partial charge in [0.1, 0.15) is 12.2 Å². The number of carbonyl (C=O) groups is 2. The predicted molar refractivity (Wildman–Crippen MR) is 92.5 cm³/mol. The van der Waals surface area contributed by atoms with E-state index in [9.17, 15) is 9.59 Å². The molecule has 1 saturated heterocycles. The number of carbonyl (C=O) groups excluding carboxylic acids is 2. The fourth-order valence-corrected chi connectivity index (χ4v) is 2.78. The second-order valence-electron chi connectivity index (χ2n) is 5.76. The number of fused-ring (bicyclic) bond motifs is 1. The van der Waals surface area contributed by atoms with Gasteiger partial charge in [0.25, 0.3) is 5.91 Å². The third-order valence-electron chi connectivity index (χ3n) is 4.11. The van der Waals surface area contributed by atoms with Crippen LogP contribution in [0.4, 0.5) is 10.5 Å². The van der Waals surface area contributed by atoms with Crippen molar-refractivity contribution in [3.8, 4) is 0 Å². The molecule has 1 aliphatic heterocycles. The summed E-state index contributed by atoms with van der Waals surface area (Å²) < 4.78 is 10.5. The number of ether oxygens (including phenoxy) is 1. The molecule has 4 rings (SSSR count). The highest BCUT2D eigenvalue weighted by molar-refractivity contribution is 5.96. The lowest BCUT2D eigenvalue weighted by atomic mass is 10.2. The van der Waals surface area contributed by atoms with Crippen molar-refractivity contribution in [3.05, 3.63) is 65.9 Å². The Morgan fingerprint density at radius 1 is 1.12 bits per heavy atom. The van der Waals surface area contributed by atoms with Crippen molar-refractivity contribution in [1.82, 2.24) is 5.32 Å². The number of hydrogen-bond donors (Lipinski definition) is 1. The first kappa shape index (κ1) is 15.3. The molecule has 1 aliphatic rings. The summed E-state index contributed by atoms with van der Waals surface area (Å²) in [5.41, 5.74) is 2.41. The number of hydrogen-bond acceptors (Lipinski definition) is 4. The van der Waals surface area contributed by atoms with Crippen LogP contribution < -0.4 is 10.2 Å². The third-order valence-corrected chi connectivity index (χ3v) is 4.11. The largest absolute Gasteiger partial charge is 0.451 e. The molecule has 6 nitrogen and oxygen atoms in total. The summed E-state index contributed by atoms with van der Waals surface area (Å²) in [5.74, 6) is 0.0287. The summed E-state index contributed by atoms with van der Waals surface area (Å²) in [6.07, 6.45) is -0.328. The fraction of sp³-hybridized carbons (Fsp3) is 0.158. The van der Waals surface area contributed by atoms with Crippen LogP contribution in [0.1, 0.15) is 16.1 Å². The minimum Gasteiger partial charge on any atom is -0.451 e. The number of nitrogens with zero attached hydrogens (tertiary/aromatic N) is 1. The van der Waals surface area contributed by atoms with Crippen molar-refractivity contribution >= 4 is 28.7 Å². The van der Waals surface area contributed by atoms with Gasteiger partial charge in [-0.3, -0.25) is 9.69 Å². The molecule has 3 aromatic rings. The molecule has 0 saturated carbocycles. The van der Waals surface area contributed by atoms with Gasteiger partial charge < -0.3 is 14.5 Å². The molecule has 6 heteroatoms. The van der Waals surface area contributed by atoms with E-state index >= 15 is 0 Å². The number of anilines is 1. The predicted octanol–water partition coefficient (Wildman–Crippen LogP) is 3.32. The lowest BCUT2D eigenvalue weighted by Gasteiger charge is -2.13. The third kappa shape index (κ3) is 3.06. The minimum absolute atomic E-state index is 0.261. The summed E-state index contributed by atoms with van der Waals surface area (Å²) in [7, 11) is 0. The van der Waals surface area contributed by atoms with Crippen LogP contribution in [0.5, 0.6) is 0 Å². The molecule has 25 heavy (non-hydrogen) atoms. The quantitative estimate of drug-likeness (QED) is 0.793. The van der Waals surface area contributed by atoms with Crippen LogP contribution in [0.3, 0.4) is 0 Å². The fourth-order valence-electron chi connectivity index (χ4n) is 2.78. The lowest BCUT2D eigenvalue weighted by Crippen LogP contribution is -2.24. The van der Waals surface area contributed by atoms with E-state index in [4.69, 9.17) is 9.15 Å². The van der Waals surface area contributed by atoms with Gasteiger partial charge in [-0.05, 0) is 29.8 Å². The molecule has 2 amide bonds. The van der Waals surface area contributed by atoms with Gasteiger partial charge in [-0.1, -0.05) is 30.3 Å². The van der Waals surface area contributed by atoms with Crippen LogP contribution in [0.25, 0.3) is 11.0 Å². The Morgan fingerprint density at radius 3 is 2.64 bits per heavy atom. The van der Waals surface area contributed by atoms with Crippen LogP contribution in [-0.4, -0.2) is 25.2 Å². The standard InChI is InChI=1S/C19H16N2O4/c22-18(17-11-14-3-1-2-4-16(14)25-17)20-12-13-5-7-15(8-6-13)21-9-10-24-19(21)23/h1-8,11H,9-10,12H2,(H,20,22). The molecule has 0 aliphatic carbocycles. The van der Waals surface area contributed by atoms with E-state index in [1.165, 1.54) is 0 Å². The Balaban J connectivity index is 1.40. The molecule has 0 spiro atoms. The Hall–Kier alpha value is -3.28. The Kier molecular flexibility index (Phi) is 3.85. The smallest absolute Gasteiger partial charge is 0.414 e. The molecule has 126 valence electrons. The van der Waals surface area contributed by atoms with Crippen molar-refractivity contribution in [2.75, 3.05) is 18.1 Å². The molecule has 0 bridgehead atoms. The van der Waals surface area contributed by atoms with Crippen molar-refractivity contribution in [3.63, 3.8) is 0 Å². The van der Waals surface area contributed by atoms with Crippen molar-refractivity contribution < 1.29 is 18.7 Å². The zero-order valence-corrected chi connectivity index (χ0v) is 13.4. The molecular formula is C19H16N2O4. The molecule has 1 N–H and O–H groups in total. The topological polar surface area (TPSA) is 71.8 Å². The molecule has 1 fully saturated rings. The Labute approximate surface area is 144 Å². The monoisotopic (exact) mass is 336 g/mol. The Morgan fingerprint density at radius 2 is 1.92 bits per heavy atom. The molecule has 0 unspecified atom stereocenters. The number of cyclic esters (lactones) is 1. The average Bonchev–Trinajstić information content (AvgIpc) is 3.26. The summed E-state index contributed by atoms with van der Waals surface area (Å²) in [6, 6.07) is 16.7. The van der Waals surface area contributed by atoms with Crippen LogP contribution >= 0.6 is 0 Å². The normalized spacial score (nSPS) is 13.9. The van der Waals surface area contributed by atoms with Crippen molar-refractivity contribution in [2.45, 2.75) is 6.54 Å². The second-order valence-corrected chi connectivity index (χ2v) is 5.76. The van der Waals surface area contributed by atoms with Gasteiger partial charge in [0.05, 0.1) is 6.54 Å². The zero-order valence-electron chi connectivity index (χ0n) is 13.4. The molecular weight excluding hydrogens is 320 g/mol. The van der Waals surface area contributed by atoms with Crippen molar-refractivity contribution in [1.29, 1.82) is 0 Å². The van der Waals surface area contributed by atoms with Gasteiger partial charge >= 0.3 is 6.09 Å². The molecule has 0 atom stereocenters. The number of furan rings is 1. The lowest BCUT2D eigenvalue weighted by molar-refractivity contribution is 0.0925. The highest BCUT2D eigenvalue weighted by Gasteiger charge is 2.23. The SMILES string of the molecule is O=C(NCc1ccc(N2CCOC2=O)cc1)c1cc2ccccc2o1. The maximum atomic E-state index is 12.2. The molecule has 2 heterocycles. The molecule has 2 aromatic carbocycles. The van der Waals surface area contributed by atoms with Crippen LogP contribution in [0.2, 0.25) is 0 Å². The van der Waals surface area contributed by atoms with Crippen LogP contribution in [-0.2, 0) is 11.3 Å². The van der Waals surface area contributed by atoms with Gasteiger partial charge in [-0.25, -0.2) is 4.79 Å². The van der Waals surface area contributed by atoms with E-state index in [1.807, 2.05) is 48.5 Å². The minimum atomic E-state index is -0.328. The van der Waals surface area contributed by atoms with E-state index in [1.54, 1.807) is 11.0 Å². The second kappa shape index (κ2) is 6.32. The van der Waals surface area contributed by atoms with Gasteiger partial charge in [-0.15, -0.1) is 0 Å². The van der Waals surface area contributed by atoms with Crippen LogP contribution in [0, 0.1) is 0 Å². The van der Waals surface area contributed by atoms with E-state index < -0.39 is 0 Å². The number of amides is 2. The van der Waals surface area contributed by atoms with E-state index in [-0.39, 0.29) is 17.8 Å². The van der Waals surface area contributed by atoms with E-state index in [0.29, 0.717) is 25.3 Å². The van der Waals surface area contributed by atoms with Gasteiger partial charge in [0.15, 0.2) is 5.76 Å². The van der Waals surface area contributed by atoms with Gasteiger partial charge in [0, 0.05) is 17.6 Å². The van der Waals surface area contributed by atoms with Crippen LogP contribution in [0.15, 0.2) is 59.0 Å². The highest BCUT2D eigenvalue weighted by Crippen LogP contribution is 2.20. The van der Waals surface area contributed by atoms with E-state index in [2.05, 4.69) is 5.32 Å². The highest BCUT2D eigenvalue weighted by atomic mass is 16.6. The first-order valence-corrected chi connectivity index (χ1v) is 8.01. The van der Waals surface area contributed by atoms with E-state index in [0.717, 1.165) is 16.6 Å². The number of para-hydroxylation sites is 1. The Bertz CT molecular complexity index is 897. The summed E-state index contributed by atoms with van der Waals surface area (Å²) >= 11 is 0. The maximum Gasteiger partial charge on any atom is 0.414 e. The number of nitrogens with one attached hydrogen (secondary N) is 1. The zero-order chi connectivity index (χ0) is 17.2. The molecule has 0 radical (unpaired) electrons. The van der Waals surface area contributed by atoms with Crippen molar-refractivity contribution in [2.24, 2.45) is 0 Å². The van der Waals surface area contributed by atoms with Gasteiger partial charge in [0.2, 0.25) is 0 Å². The number of benzene rings is 2.